The Morgan fingerprint density at radius 2 is 2.31 bits per heavy atom. The number of hydrogen-bond acceptors (Lipinski definition) is 5. The number of nitrogens with one attached hydrogen (secondary N) is 2. The Balaban J connectivity index is 1.36. The maximum absolute atomic E-state index is 10.4. The van der Waals surface area contributed by atoms with Crippen LogP contribution in [0.2, 0.25) is 0 Å². The van der Waals surface area contributed by atoms with Crippen molar-refractivity contribution in [2.45, 2.75) is 25.0 Å². The summed E-state index contributed by atoms with van der Waals surface area (Å²) in [5, 5.41) is 17.9. The van der Waals surface area contributed by atoms with Crippen LogP contribution in [0, 0.1) is 0 Å². The molecule has 2 unspecified atom stereocenters. The second-order valence-corrected chi connectivity index (χ2v) is 7.41. The molecule has 0 spiro atoms. The van der Waals surface area contributed by atoms with Crippen LogP contribution in [0.1, 0.15) is 23.8 Å². The van der Waals surface area contributed by atoms with Crippen molar-refractivity contribution < 1.29 is 14.6 Å². The van der Waals surface area contributed by atoms with Crippen molar-refractivity contribution in [3.8, 4) is 0 Å². The van der Waals surface area contributed by atoms with Gasteiger partial charge in [0.2, 0.25) is 0 Å². The zero-order chi connectivity index (χ0) is 18.2. The van der Waals surface area contributed by atoms with Gasteiger partial charge in [0.05, 0.1) is 19.3 Å². The lowest BCUT2D eigenvalue weighted by Crippen LogP contribution is -2.40. The first-order valence-corrected chi connectivity index (χ1v) is 9.88. The molecule has 26 heavy (non-hydrogen) atoms. The quantitative estimate of drug-likeness (QED) is 0.374. The van der Waals surface area contributed by atoms with Crippen molar-refractivity contribution in [3.05, 3.63) is 35.2 Å². The maximum Gasteiger partial charge on any atom is 0.191 e. The molecule has 1 saturated heterocycles. The SMILES string of the molecule is CN=C(NCCOCC1CCCO1)NCC(O)c1cc2ccccc2s1. The highest BCUT2D eigenvalue weighted by Gasteiger charge is 2.15. The van der Waals surface area contributed by atoms with Gasteiger partial charge >= 0.3 is 0 Å². The zero-order valence-corrected chi connectivity index (χ0v) is 15.9. The van der Waals surface area contributed by atoms with Crippen LogP contribution in [0.15, 0.2) is 35.3 Å². The minimum absolute atomic E-state index is 0.254. The van der Waals surface area contributed by atoms with Gasteiger partial charge in [0.25, 0.3) is 0 Å². The number of aliphatic hydroxyl groups is 1. The van der Waals surface area contributed by atoms with Gasteiger partial charge in [0.1, 0.15) is 6.10 Å². The van der Waals surface area contributed by atoms with Crippen molar-refractivity contribution in [1.82, 2.24) is 10.6 Å². The number of ether oxygens (including phenoxy) is 2. The molecule has 3 N–H and O–H groups in total. The second kappa shape index (κ2) is 9.87. The number of aliphatic imine (C=N–C) groups is 1. The van der Waals surface area contributed by atoms with Gasteiger partial charge in [-0.3, -0.25) is 4.99 Å². The van der Waals surface area contributed by atoms with E-state index in [0.717, 1.165) is 29.7 Å². The third-order valence-electron chi connectivity index (χ3n) is 4.33. The van der Waals surface area contributed by atoms with E-state index in [-0.39, 0.29) is 6.10 Å². The van der Waals surface area contributed by atoms with E-state index in [1.165, 1.54) is 4.70 Å². The van der Waals surface area contributed by atoms with Crippen LogP contribution >= 0.6 is 11.3 Å². The number of nitrogens with zero attached hydrogens (tertiary/aromatic N) is 1. The van der Waals surface area contributed by atoms with E-state index in [1.54, 1.807) is 18.4 Å². The average molecular weight is 378 g/mol. The van der Waals surface area contributed by atoms with Crippen LogP contribution in [-0.2, 0) is 9.47 Å². The van der Waals surface area contributed by atoms with Gasteiger partial charge in [0.15, 0.2) is 5.96 Å². The largest absolute Gasteiger partial charge is 0.386 e. The van der Waals surface area contributed by atoms with Crippen LogP contribution in [0.25, 0.3) is 10.1 Å². The van der Waals surface area contributed by atoms with E-state index >= 15 is 0 Å². The third kappa shape index (κ3) is 5.41. The summed E-state index contributed by atoms with van der Waals surface area (Å²) in [5.74, 6) is 0.658. The predicted molar refractivity (Wildman–Crippen MR) is 106 cm³/mol. The molecule has 142 valence electrons. The van der Waals surface area contributed by atoms with E-state index in [2.05, 4.69) is 27.8 Å². The number of fused-ring (bicyclic) bond motifs is 1. The fourth-order valence-electron chi connectivity index (χ4n) is 2.91. The van der Waals surface area contributed by atoms with E-state index in [4.69, 9.17) is 9.47 Å². The highest BCUT2D eigenvalue weighted by molar-refractivity contribution is 7.19. The summed E-state index contributed by atoms with van der Waals surface area (Å²) in [5.41, 5.74) is 0. The molecule has 1 aliphatic rings. The number of thiophene rings is 1. The number of hydrogen-bond donors (Lipinski definition) is 3. The number of benzene rings is 1. The Labute approximate surface area is 158 Å². The topological polar surface area (TPSA) is 75.1 Å². The lowest BCUT2D eigenvalue weighted by molar-refractivity contribution is 0.0191. The standard InChI is InChI=1S/C19H27N3O3S/c1-20-19(21-8-10-24-13-15-6-4-9-25-15)22-12-16(23)18-11-14-5-2-3-7-17(14)26-18/h2-3,5,7,11,15-16,23H,4,6,8-10,12-13H2,1H3,(H2,20,21,22). The van der Waals surface area contributed by atoms with Crippen LogP contribution in [-0.4, -0.2) is 57.1 Å². The van der Waals surface area contributed by atoms with Crippen molar-refractivity contribution in [2.24, 2.45) is 4.99 Å². The molecule has 6 nitrogen and oxygen atoms in total. The summed E-state index contributed by atoms with van der Waals surface area (Å²) in [6, 6.07) is 10.2. The van der Waals surface area contributed by atoms with Gasteiger partial charge in [0, 0.05) is 36.3 Å². The molecule has 1 fully saturated rings. The summed E-state index contributed by atoms with van der Waals surface area (Å²) < 4.78 is 12.3. The van der Waals surface area contributed by atoms with Crippen molar-refractivity contribution >= 4 is 27.4 Å². The fourth-order valence-corrected chi connectivity index (χ4v) is 3.96. The molecule has 1 aromatic carbocycles. The summed E-state index contributed by atoms with van der Waals surface area (Å²) in [6.07, 6.45) is 1.91. The fraction of sp³-hybridized carbons (Fsp3) is 0.526. The Morgan fingerprint density at radius 1 is 1.42 bits per heavy atom. The van der Waals surface area contributed by atoms with Gasteiger partial charge in [-0.1, -0.05) is 18.2 Å². The lowest BCUT2D eigenvalue weighted by atomic mass is 10.2. The molecule has 3 rings (SSSR count). The minimum Gasteiger partial charge on any atom is -0.386 e. The van der Waals surface area contributed by atoms with Crippen LogP contribution < -0.4 is 10.6 Å². The minimum atomic E-state index is -0.568. The molecular weight excluding hydrogens is 350 g/mol. The van der Waals surface area contributed by atoms with Gasteiger partial charge in [-0.2, -0.15) is 0 Å². The summed E-state index contributed by atoms with van der Waals surface area (Å²) in [6.45, 7) is 3.16. The number of aliphatic hydroxyl groups excluding tert-OH is 1. The first-order valence-electron chi connectivity index (χ1n) is 9.06. The number of rotatable bonds is 8. The monoisotopic (exact) mass is 377 g/mol. The maximum atomic E-state index is 10.4. The molecule has 0 aliphatic carbocycles. The summed E-state index contributed by atoms with van der Waals surface area (Å²) in [7, 11) is 1.72. The van der Waals surface area contributed by atoms with Gasteiger partial charge in [-0.25, -0.2) is 0 Å². The van der Waals surface area contributed by atoms with E-state index < -0.39 is 6.10 Å². The first-order chi connectivity index (χ1) is 12.8. The van der Waals surface area contributed by atoms with Crippen LogP contribution in [0.5, 0.6) is 0 Å². The Morgan fingerprint density at radius 3 is 3.08 bits per heavy atom. The number of guanidine groups is 1. The molecule has 1 aliphatic heterocycles. The molecule has 7 heteroatoms. The molecule has 2 atom stereocenters. The summed E-state index contributed by atoms with van der Waals surface area (Å²) in [4.78, 5) is 5.13. The molecule has 0 saturated carbocycles. The van der Waals surface area contributed by atoms with E-state index in [9.17, 15) is 5.11 Å². The highest BCUT2D eigenvalue weighted by atomic mass is 32.1. The van der Waals surface area contributed by atoms with E-state index in [1.807, 2.05) is 18.2 Å². The van der Waals surface area contributed by atoms with Gasteiger partial charge in [-0.05, 0) is 30.4 Å². The Kier molecular flexibility index (Phi) is 7.25. The average Bonchev–Trinajstić information content (AvgIpc) is 3.33. The molecule has 1 aromatic heterocycles. The van der Waals surface area contributed by atoms with Crippen molar-refractivity contribution in [1.29, 1.82) is 0 Å². The third-order valence-corrected chi connectivity index (χ3v) is 5.54. The van der Waals surface area contributed by atoms with Gasteiger partial charge in [-0.15, -0.1) is 11.3 Å². The van der Waals surface area contributed by atoms with Crippen molar-refractivity contribution in [3.63, 3.8) is 0 Å². The molecule has 0 radical (unpaired) electrons. The van der Waals surface area contributed by atoms with Crippen LogP contribution in [0.4, 0.5) is 0 Å². The van der Waals surface area contributed by atoms with Crippen LogP contribution in [0.3, 0.4) is 0 Å². The molecule has 2 aromatic rings. The molecule has 2 heterocycles. The van der Waals surface area contributed by atoms with Gasteiger partial charge < -0.3 is 25.2 Å². The van der Waals surface area contributed by atoms with E-state index in [0.29, 0.717) is 32.3 Å². The molecular formula is C19H27N3O3S. The van der Waals surface area contributed by atoms with Crippen molar-refractivity contribution in [2.75, 3.05) is 40.0 Å². The molecule has 0 bridgehead atoms. The second-order valence-electron chi connectivity index (χ2n) is 6.29. The smallest absolute Gasteiger partial charge is 0.191 e. The predicted octanol–water partition coefficient (Wildman–Crippen LogP) is 2.30. The lowest BCUT2D eigenvalue weighted by Gasteiger charge is -2.15. The zero-order valence-electron chi connectivity index (χ0n) is 15.1. The Hall–Kier alpha value is -1.67. The normalized spacial score (nSPS) is 19.0. The summed E-state index contributed by atoms with van der Waals surface area (Å²) >= 11 is 1.62. The molecule has 0 amide bonds. The highest BCUT2D eigenvalue weighted by Crippen LogP contribution is 2.29. The Bertz CT molecular complexity index is 680. The first kappa shape index (κ1) is 19.1.